The zero-order chi connectivity index (χ0) is 15.2. The predicted molar refractivity (Wildman–Crippen MR) is 80.5 cm³/mol. The van der Waals surface area contributed by atoms with Crippen LogP contribution in [0.3, 0.4) is 0 Å². The molecule has 110 valence electrons. The van der Waals surface area contributed by atoms with Crippen molar-refractivity contribution >= 4 is 23.6 Å². The molecular formula is C15H15ClN2O3. The lowest BCUT2D eigenvalue weighted by Crippen LogP contribution is -2.15. The first-order valence-corrected chi connectivity index (χ1v) is 6.61. The molecule has 0 saturated heterocycles. The van der Waals surface area contributed by atoms with Gasteiger partial charge in [-0.05, 0) is 35.9 Å². The molecular weight excluding hydrogens is 292 g/mol. The van der Waals surface area contributed by atoms with Gasteiger partial charge in [-0.15, -0.1) is 0 Å². The number of hydroxylamine groups is 1. The Morgan fingerprint density at radius 1 is 1.48 bits per heavy atom. The normalized spacial score (nSPS) is 10.8. The largest absolute Gasteiger partial charge is 0.497 e. The number of ether oxygens (including phenoxy) is 1. The number of carbonyl (C=O) groups excluding carboxylic acids is 1. The van der Waals surface area contributed by atoms with Crippen LogP contribution >= 0.6 is 11.6 Å². The van der Waals surface area contributed by atoms with E-state index in [-0.39, 0.29) is 0 Å². The van der Waals surface area contributed by atoms with Crippen molar-refractivity contribution in [2.45, 2.75) is 6.54 Å². The van der Waals surface area contributed by atoms with E-state index < -0.39 is 5.91 Å². The van der Waals surface area contributed by atoms with Crippen LogP contribution in [-0.2, 0) is 11.3 Å². The third-order valence-corrected chi connectivity index (χ3v) is 3.33. The van der Waals surface area contributed by atoms with E-state index in [0.29, 0.717) is 17.3 Å². The van der Waals surface area contributed by atoms with Gasteiger partial charge in [-0.3, -0.25) is 10.0 Å². The number of nitrogens with one attached hydrogen (secondary N) is 1. The van der Waals surface area contributed by atoms with Crippen LogP contribution in [0.25, 0.3) is 6.08 Å². The summed E-state index contributed by atoms with van der Waals surface area (Å²) < 4.78 is 7.06. The number of aromatic nitrogens is 1. The molecule has 1 heterocycles. The summed E-state index contributed by atoms with van der Waals surface area (Å²) in [6.45, 7) is 0.566. The Hall–Kier alpha value is -2.24. The van der Waals surface area contributed by atoms with Gasteiger partial charge in [0.05, 0.1) is 7.11 Å². The van der Waals surface area contributed by atoms with Crippen LogP contribution in [0.1, 0.15) is 11.3 Å². The number of hydrogen-bond acceptors (Lipinski definition) is 3. The number of hydrogen-bond donors (Lipinski definition) is 2. The summed E-state index contributed by atoms with van der Waals surface area (Å²) in [5.74, 6) is 0.126. The molecule has 21 heavy (non-hydrogen) atoms. The fourth-order valence-electron chi connectivity index (χ4n) is 1.89. The second kappa shape index (κ2) is 6.97. The topological polar surface area (TPSA) is 63.5 Å². The standard InChI is InChI=1S/C15H15ClN2O3/c1-21-13-6-4-11(14(16)9-13)10-18-8-2-3-12(18)5-7-15(19)17-20/h2-9,20H,10H2,1H3,(H,17,19). The van der Waals surface area contributed by atoms with Crippen molar-refractivity contribution in [1.82, 2.24) is 10.0 Å². The molecule has 0 spiro atoms. The maximum atomic E-state index is 11.0. The van der Waals surface area contributed by atoms with Gasteiger partial charge in [0, 0.05) is 29.5 Å². The first kappa shape index (κ1) is 15.2. The Bertz CT molecular complexity index is 665. The summed E-state index contributed by atoms with van der Waals surface area (Å²) in [7, 11) is 1.59. The Labute approximate surface area is 127 Å². The Balaban J connectivity index is 2.19. The summed E-state index contributed by atoms with van der Waals surface area (Å²) in [5.41, 5.74) is 3.31. The van der Waals surface area contributed by atoms with Crippen molar-refractivity contribution in [2.24, 2.45) is 0 Å². The van der Waals surface area contributed by atoms with E-state index in [9.17, 15) is 4.79 Å². The Morgan fingerprint density at radius 2 is 2.29 bits per heavy atom. The van der Waals surface area contributed by atoms with E-state index in [2.05, 4.69) is 0 Å². The lowest BCUT2D eigenvalue weighted by molar-refractivity contribution is -0.124. The zero-order valence-corrected chi connectivity index (χ0v) is 12.2. The van der Waals surface area contributed by atoms with Gasteiger partial charge in [0.1, 0.15) is 5.75 Å². The molecule has 1 aromatic carbocycles. The highest BCUT2D eigenvalue weighted by Crippen LogP contribution is 2.23. The minimum absolute atomic E-state index is 0.566. The SMILES string of the molecule is COc1ccc(Cn2cccc2C=CC(=O)NO)c(Cl)c1. The molecule has 6 heteroatoms. The molecule has 0 unspecified atom stereocenters. The summed E-state index contributed by atoms with van der Waals surface area (Å²) in [4.78, 5) is 11.0. The molecule has 2 aromatic rings. The quantitative estimate of drug-likeness (QED) is 0.507. The number of nitrogens with zero attached hydrogens (tertiary/aromatic N) is 1. The molecule has 1 aromatic heterocycles. The van der Waals surface area contributed by atoms with Crippen LogP contribution in [0.4, 0.5) is 0 Å². The number of amides is 1. The van der Waals surface area contributed by atoms with E-state index in [1.54, 1.807) is 24.7 Å². The first-order valence-electron chi connectivity index (χ1n) is 6.23. The van der Waals surface area contributed by atoms with E-state index >= 15 is 0 Å². The minimum Gasteiger partial charge on any atom is -0.497 e. The highest BCUT2D eigenvalue weighted by atomic mass is 35.5. The van der Waals surface area contributed by atoms with Crippen LogP contribution in [-0.4, -0.2) is 22.8 Å². The lowest BCUT2D eigenvalue weighted by atomic mass is 10.2. The molecule has 0 aliphatic heterocycles. The Morgan fingerprint density at radius 3 is 2.95 bits per heavy atom. The van der Waals surface area contributed by atoms with Gasteiger partial charge in [0.25, 0.3) is 5.91 Å². The number of methoxy groups -OCH3 is 1. The van der Waals surface area contributed by atoms with Crippen LogP contribution in [0, 0.1) is 0 Å². The van der Waals surface area contributed by atoms with E-state index in [4.69, 9.17) is 21.5 Å². The third-order valence-electron chi connectivity index (χ3n) is 2.98. The number of carbonyl (C=O) groups is 1. The smallest absolute Gasteiger partial charge is 0.267 e. The average Bonchev–Trinajstić information content (AvgIpc) is 2.94. The van der Waals surface area contributed by atoms with Gasteiger partial charge < -0.3 is 9.30 Å². The van der Waals surface area contributed by atoms with Gasteiger partial charge >= 0.3 is 0 Å². The molecule has 0 atom stereocenters. The summed E-state index contributed by atoms with van der Waals surface area (Å²) >= 11 is 6.22. The van der Waals surface area contributed by atoms with Crippen molar-refractivity contribution in [3.8, 4) is 5.75 Å². The summed E-state index contributed by atoms with van der Waals surface area (Å²) in [6, 6.07) is 9.23. The van der Waals surface area contributed by atoms with Crippen molar-refractivity contribution in [2.75, 3.05) is 7.11 Å². The van der Waals surface area contributed by atoms with Crippen molar-refractivity contribution in [1.29, 1.82) is 0 Å². The van der Waals surface area contributed by atoms with E-state index in [1.807, 2.05) is 35.0 Å². The van der Waals surface area contributed by atoms with Crippen LogP contribution in [0.15, 0.2) is 42.6 Å². The van der Waals surface area contributed by atoms with Gasteiger partial charge in [0.15, 0.2) is 0 Å². The monoisotopic (exact) mass is 306 g/mol. The lowest BCUT2D eigenvalue weighted by Gasteiger charge is -2.10. The van der Waals surface area contributed by atoms with Crippen molar-refractivity contribution in [3.05, 3.63) is 58.9 Å². The first-order chi connectivity index (χ1) is 10.1. The number of rotatable bonds is 5. The minimum atomic E-state index is -0.578. The summed E-state index contributed by atoms with van der Waals surface area (Å²) in [6.07, 6.45) is 4.75. The Kier molecular flexibility index (Phi) is 5.03. The number of benzene rings is 1. The van der Waals surface area contributed by atoms with E-state index in [1.165, 1.54) is 6.08 Å². The highest BCUT2D eigenvalue weighted by Gasteiger charge is 2.05. The van der Waals surface area contributed by atoms with Gasteiger partial charge in [-0.1, -0.05) is 17.7 Å². The molecule has 0 aliphatic rings. The molecule has 0 saturated carbocycles. The molecule has 0 fully saturated rings. The molecule has 0 aliphatic carbocycles. The fourth-order valence-corrected chi connectivity index (χ4v) is 2.12. The van der Waals surface area contributed by atoms with Crippen LogP contribution < -0.4 is 10.2 Å². The van der Waals surface area contributed by atoms with Gasteiger partial charge in [-0.2, -0.15) is 0 Å². The fraction of sp³-hybridized carbons (Fsp3) is 0.133. The second-order valence-electron chi connectivity index (χ2n) is 4.33. The summed E-state index contributed by atoms with van der Waals surface area (Å²) in [5, 5.41) is 9.08. The second-order valence-corrected chi connectivity index (χ2v) is 4.73. The van der Waals surface area contributed by atoms with Gasteiger partial charge in [-0.25, -0.2) is 5.48 Å². The van der Waals surface area contributed by atoms with Crippen LogP contribution in [0.5, 0.6) is 5.75 Å². The van der Waals surface area contributed by atoms with Gasteiger partial charge in [0.2, 0.25) is 0 Å². The zero-order valence-electron chi connectivity index (χ0n) is 11.4. The maximum Gasteiger partial charge on any atom is 0.267 e. The van der Waals surface area contributed by atoms with Crippen LogP contribution in [0.2, 0.25) is 5.02 Å². The van der Waals surface area contributed by atoms with Crippen molar-refractivity contribution < 1.29 is 14.7 Å². The molecule has 2 rings (SSSR count). The molecule has 5 nitrogen and oxygen atoms in total. The van der Waals surface area contributed by atoms with Crippen molar-refractivity contribution in [3.63, 3.8) is 0 Å². The highest BCUT2D eigenvalue weighted by molar-refractivity contribution is 6.31. The molecule has 0 radical (unpaired) electrons. The third kappa shape index (κ3) is 3.87. The molecule has 0 bridgehead atoms. The van der Waals surface area contributed by atoms with E-state index in [0.717, 1.165) is 11.3 Å². The predicted octanol–water partition coefficient (Wildman–Crippen LogP) is 2.72. The maximum absolute atomic E-state index is 11.0. The molecule has 1 amide bonds. The number of halogens is 1. The average molecular weight is 307 g/mol. The molecule has 2 N–H and O–H groups in total.